The van der Waals surface area contributed by atoms with E-state index in [4.69, 9.17) is 11.1 Å². The Kier molecular flexibility index (Phi) is 2.81. The van der Waals surface area contributed by atoms with Crippen LogP contribution in [0.15, 0.2) is 18.2 Å². The maximum absolute atomic E-state index is 10.5. The van der Waals surface area contributed by atoms with Gasteiger partial charge >= 0.3 is 0 Å². The maximum atomic E-state index is 10.5. The van der Waals surface area contributed by atoms with Crippen LogP contribution >= 0.6 is 0 Å². The van der Waals surface area contributed by atoms with Crippen molar-refractivity contribution in [3.8, 4) is 0 Å². The Morgan fingerprint density at radius 1 is 1.64 bits per heavy atom. The fourth-order valence-corrected chi connectivity index (χ4v) is 1.25. The third-order valence-corrected chi connectivity index (χ3v) is 1.85. The number of nitro benzene ring substituents is 1. The van der Waals surface area contributed by atoms with Crippen LogP contribution in [0.5, 0.6) is 0 Å². The maximum Gasteiger partial charge on any atom is 0.272 e. The quantitative estimate of drug-likeness (QED) is 0.328. The standard InChI is InChI=1S/C9H11N3O2/c1-6-4-7(5-9(10)11)2-3-8(6)12(13)14/h2-4H,5H2,1H3,(H3,10,11). The summed E-state index contributed by atoms with van der Waals surface area (Å²) in [6, 6.07) is 4.74. The number of amidine groups is 1. The number of nitrogens with one attached hydrogen (secondary N) is 1. The molecule has 0 aromatic heterocycles. The minimum Gasteiger partial charge on any atom is -0.387 e. The number of rotatable bonds is 3. The molecule has 1 rings (SSSR count). The molecule has 0 aliphatic carbocycles. The topological polar surface area (TPSA) is 93.0 Å². The fraction of sp³-hybridized carbons (Fsp3) is 0.222. The summed E-state index contributed by atoms with van der Waals surface area (Å²) < 4.78 is 0. The molecule has 0 atom stereocenters. The van der Waals surface area contributed by atoms with Gasteiger partial charge in [0.05, 0.1) is 10.8 Å². The van der Waals surface area contributed by atoms with E-state index in [-0.39, 0.29) is 11.5 Å². The molecule has 0 fully saturated rings. The van der Waals surface area contributed by atoms with E-state index in [0.717, 1.165) is 5.56 Å². The van der Waals surface area contributed by atoms with Crippen molar-refractivity contribution < 1.29 is 4.92 Å². The van der Waals surface area contributed by atoms with Crippen LogP contribution in [0.2, 0.25) is 0 Å². The number of nitrogens with two attached hydrogens (primary N) is 1. The number of nitro groups is 1. The van der Waals surface area contributed by atoms with E-state index in [9.17, 15) is 10.1 Å². The second-order valence-electron chi connectivity index (χ2n) is 3.08. The Bertz CT molecular complexity index is 388. The van der Waals surface area contributed by atoms with Gasteiger partial charge in [-0.1, -0.05) is 6.07 Å². The van der Waals surface area contributed by atoms with Gasteiger partial charge in [-0.15, -0.1) is 0 Å². The molecule has 14 heavy (non-hydrogen) atoms. The van der Waals surface area contributed by atoms with Gasteiger partial charge in [0, 0.05) is 18.1 Å². The van der Waals surface area contributed by atoms with Crippen molar-refractivity contribution in [2.24, 2.45) is 5.73 Å². The molecular weight excluding hydrogens is 182 g/mol. The summed E-state index contributed by atoms with van der Waals surface area (Å²) in [6.07, 6.45) is 0.332. The van der Waals surface area contributed by atoms with Gasteiger partial charge in [0.1, 0.15) is 0 Å². The van der Waals surface area contributed by atoms with Crippen molar-refractivity contribution >= 4 is 11.5 Å². The van der Waals surface area contributed by atoms with E-state index in [1.165, 1.54) is 6.07 Å². The molecule has 0 bridgehead atoms. The highest BCUT2D eigenvalue weighted by Crippen LogP contribution is 2.18. The lowest BCUT2D eigenvalue weighted by Gasteiger charge is -2.01. The Balaban J connectivity index is 3.00. The Morgan fingerprint density at radius 2 is 2.29 bits per heavy atom. The molecule has 0 aliphatic heterocycles. The minimum atomic E-state index is -0.424. The highest BCUT2D eigenvalue weighted by atomic mass is 16.6. The third kappa shape index (κ3) is 2.29. The van der Waals surface area contributed by atoms with Crippen molar-refractivity contribution in [1.82, 2.24) is 0 Å². The monoisotopic (exact) mass is 193 g/mol. The van der Waals surface area contributed by atoms with Crippen molar-refractivity contribution in [2.75, 3.05) is 0 Å². The number of nitrogens with zero attached hydrogens (tertiary/aromatic N) is 1. The highest BCUT2D eigenvalue weighted by Gasteiger charge is 2.09. The molecule has 0 saturated heterocycles. The number of aryl methyl sites for hydroxylation is 1. The predicted octanol–water partition coefficient (Wildman–Crippen LogP) is 1.38. The Labute approximate surface area is 81.2 Å². The van der Waals surface area contributed by atoms with Gasteiger partial charge in [-0.2, -0.15) is 0 Å². The van der Waals surface area contributed by atoms with Crippen LogP contribution in [0.4, 0.5) is 5.69 Å². The van der Waals surface area contributed by atoms with Gasteiger partial charge in [-0.05, 0) is 18.6 Å². The highest BCUT2D eigenvalue weighted by molar-refractivity contribution is 5.79. The first-order chi connectivity index (χ1) is 6.50. The molecule has 0 radical (unpaired) electrons. The van der Waals surface area contributed by atoms with E-state index < -0.39 is 4.92 Å². The fourth-order valence-electron chi connectivity index (χ4n) is 1.25. The first-order valence-electron chi connectivity index (χ1n) is 4.07. The van der Waals surface area contributed by atoms with Crippen LogP contribution in [0.25, 0.3) is 0 Å². The number of benzene rings is 1. The predicted molar refractivity (Wildman–Crippen MR) is 53.5 cm³/mol. The van der Waals surface area contributed by atoms with Gasteiger partial charge in [-0.25, -0.2) is 0 Å². The van der Waals surface area contributed by atoms with Gasteiger partial charge < -0.3 is 5.73 Å². The average Bonchev–Trinajstić information content (AvgIpc) is 2.01. The molecule has 0 unspecified atom stereocenters. The van der Waals surface area contributed by atoms with Crippen molar-refractivity contribution in [1.29, 1.82) is 5.41 Å². The van der Waals surface area contributed by atoms with Crippen molar-refractivity contribution in [3.63, 3.8) is 0 Å². The van der Waals surface area contributed by atoms with Gasteiger partial charge in [0.15, 0.2) is 0 Å². The van der Waals surface area contributed by atoms with E-state index in [0.29, 0.717) is 12.0 Å². The van der Waals surface area contributed by atoms with Crippen molar-refractivity contribution in [2.45, 2.75) is 13.3 Å². The van der Waals surface area contributed by atoms with Crippen molar-refractivity contribution in [3.05, 3.63) is 39.4 Å². The van der Waals surface area contributed by atoms with E-state index in [2.05, 4.69) is 0 Å². The zero-order valence-corrected chi connectivity index (χ0v) is 7.78. The molecule has 3 N–H and O–H groups in total. The molecule has 0 heterocycles. The van der Waals surface area contributed by atoms with Crippen LogP contribution in [-0.2, 0) is 6.42 Å². The van der Waals surface area contributed by atoms with E-state index >= 15 is 0 Å². The second-order valence-corrected chi connectivity index (χ2v) is 3.08. The molecule has 1 aromatic carbocycles. The average molecular weight is 193 g/mol. The van der Waals surface area contributed by atoms with Crippen LogP contribution in [-0.4, -0.2) is 10.8 Å². The number of hydrogen-bond donors (Lipinski definition) is 2. The largest absolute Gasteiger partial charge is 0.387 e. The summed E-state index contributed by atoms with van der Waals surface area (Å²) in [5, 5.41) is 17.6. The first-order valence-corrected chi connectivity index (χ1v) is 4.07. The smallest absolute Gasteiger partial charge is 0.272 e. The SMILES string of the molecule is Cc1cc(CC(=N)N)ccc1[N+](=O)[O-]. The Morgan fingerprint density at radius 3 is 2.71 bits per heavy atom. The van der Waals surface area contributed by atoms with E-state index in [1.54, 1.807) is 19.1 Å². The minimum absolute atomic E-state index is 0.0539. The van der Waals surface area contributed by atoms with Crippen LogP contribution in [0.3, 0.4) is 0 Å². The molecule has 0 aliphatic rings. The summed E-state index contributed by atoms with van der Waals surface area (Å²) in [7, 11) is 0. The summed E-state index contributed by atoms with van der Waals surface area (Å²) in [5.41, 5.74) is 6.73. The zero-order valence-electron chi connectivity index (χ0n) is 7.78. The summed E-state index contributed by atoms with van der Waals surface area (Å²) >= 11 is 0. The second kappa shape index (κ2) is 3.87. The molecule has 0 amide bonds. The van der Waals surface area contributed by atoms with Crippen LogP contribution in [0, 0.1) is 22.4 Å². The summed E-state index contributed by atoms with van der Waals surface area (Å²) in [4.78, 5) is 10.1. The zero-order chi connectivity index (χ0) is 10.7. The van der Waals surface area contributed by atoms with E-state index in [1.807, 2.05) is 0 Å². The first kappa shape index (κ1) is 10.2. The lowest BCUT2D eigenvalue weighted by molar-refractivity contribution is -0.385. The molecule has 5 nitrogen and oxygen atoms in total. The third-order valence-electron chi connectivity index (χ3n) is 1.85. The lowest BCUT2D eigenvalue weighted by atomic mass is 10.1. The normalized spacial score (nSPS) is 9.79. The molecular formula is C9H11N3O2. The van der Waals surface area contributed by atoms with Crippen LogP contribution < -0.4 is 5.73 Å². The summed E-state index contributed by atoms with van der Waals surface area (Å²) in [6.45, 7) is 1.67. The lowest BCUT2D eigenvalue weighted by Crippen LogP contribution is -2.12. The van der Waals surface area contributed by atoms with Gasteiger partial charge in [0.2, 0.25) is 0 Å². The van der Waals surface area contributed by atoms with Crippen LogP contribution in [0.1, 0.15) is 11.1 Å². The number of hydrogen-bond acceptors (Lipinski definition) is 3. The van der Waals surface area contributed by atoms with Gasteiger partial charge in [-0.3, -0.25) is 15.5 Å². The molecule has 0 spiro atoms. The summed E-state index contributed by atoms with van der Waals surface area (Å²) in [5.74, 6) is 0.0539. The molecule has 74 valence electrons. The molecule has 1 aromatic rings. The molecule has 5 heteroatoms. The Hall–Kier alpha value is -1.91. The molecule has 0 saturated carbocycles. The van der Waals surface area contributed by atoms with Gasteiger partial charge in [0.25, 0.3) is 5.69 Å².